The lowest BCUT2D eigenvalue weighted by molar-refractivity contribution is 0.509. The Morgan fingerprint density at radius 3 is 2.26 bits per heavy atom. The second-order valence-electron chi connectivity index (χ2n) is 5.45. The Morgan fingerprint density at radius 1 is 1.11 bits per heavy atom. The second-order valence-corrected chi connectivity index (χ2v) is 10.4. The van der Waals surface area contributed by atoms with Gasteiger partial charge in [-0.25, -0.2) is 21.6 Å². The van der Waals surface area contributed by atoms with Gasteiger partial charge in [0.15, 0.2) is 0 Å². The zero-order valence-electron chi connectivity index (χ0n) is 10.7. The van der Waals surface area contributed by atoms with Crippen LogP contribution >= 0.6 is 11.6 Å². The number of sulfone groups is 1. The molecule has 19 heavy (non-hydrogen) atoms. The summed E-state index contributed by atoms with van der Waals surface area (Å²) in [5.41, 5.74) is 0. The molecule has 1 aliphatic heterocycles. The average Bonchev–Trinajstić information content (AvgIpc) is 2.72. The Kier molecular flexibility index (Phi) is 4.80. The number of alkyl halides is 1. The van der Waals surface area contributed by atoms with E-state index in [1.807, 2.05) is 0 Å². The molecule has 0 radical (unpaired) electrons. The van der Waals surface area contributed by atoms with Crippen molar-refractivity contribution in [1.82, 2.24) is 4.72 Å². The molecule has 2 fully saturated rings. The highest BCUT2D eigenvalue weighted by atomic mass is 35.5. The largest absolute Gasteiger partial charge is 0.229 e. The van der Waals surface area contributed by atoms with E-state index in [1.54, 1.807) is 0 Å². The summed E-state index contributed by atoms with van der Waals surface area (Å²) in [6, 6.07) is 0. The molecule has 0 amide bonds. The normalized spacial score (nSPS) is 32.5. The summed E-state index contributed by atoms with van der Waals surface area (Å²) < 4.78 is 49.4. The minimum Gasteiger partial charge on any atom is -0.229 e. The van der Waals surface area contributed by atoms with E-state index in [9.17, 15) is 16.8 Å². The van der Waals surface area contributed by atoms with Gasteiger partial charge in [-0.3, -0.25) is 0 Å². The van der Waals surface area contributed by atoms with Crippen LogP contribution in [-0.4, -0.2) is 45.5 Å². The number of rotatable bonds is 4. The fourth-order valence-corrected chi connectivity index (χ4v) is 6.44. The maximum Gasteiger partial charge on any atom is 0.214 e. The first kappa shape index (κ1) is 15.5. The van der Waals surface area contributed by atoms with Gasteiger partial charge in [-0.05, 0) is 31.6 Å². The molecule has 1 heterocycles. The van der Waals surface area contributed by atoms with Crippen LogP contribution in [0.25, 0.3) is 0 Å². The molecule has 2 atom stereocenters. The van der Waals surface area contributed by atoms with Gasteiger partial charge in [-0.2, -0.15) is 0 Å². The zero-order chi connectivity index (χ0) is 14.1. The van der Waals surface area contributed by atoms with Gasteiger partial charge in [0.25, 0.3) is 0 Å². The third-order valence-electron chi connectivity index (χ3n) is 4.05. The highest BCUT2D eigenvalue weighted by Gasteiger charge is 2.34. The summed E-state index contributed by atoms with van der Waals surface area (Å²) in [5, 5.41) is -0.527. The van der Waals surface area contributed by atoms with Crippen molar-refractivity contribution < 1.29 is 16.8 Å². The molecule has 8 heteroatoms. The van der Waals surface area contributed by atoms with Crippen molar-refractivity contribution >= 4 is 31.5 Å². The number of hydrogen-bond donors (Lipinski definition) is 1. The van der Waals surface area contributed by atoms with Gasteiger partial charge < -0.3 is 0 Å². The van der Waals surface area contributed by atoms with E-state index in [4.69, 9.17) is 11.6 Å². The lowest BCUT2D eigenvalue weighted by atomic mass is 10.1. The molecule has 1 aliphatic carbocycles. The monoisotopic (exact) mass is 329 g/mol. The summed E-state index contributed by atoms with van der Waals surface area (Å²) in [4.78, 5) is 0. The van der Waals surface area contributed by atoms with Crippen molar-refractivity contribution in [2.24, 2.45) is 5.92 Å². The number of sulfonamides is 1. The van der Waals surface area contributed by atoms with E-state index in [1.165, 1.54) is 0 Å². The first-order chi connectivity index (χ1) is 8.80. The minimum atomic E-state index is -3.42. The molecule has 2 rings (SSSR count). The molecule has 0 spiro atoms. The predicted molar refractivity (Wildman–Crippen MR) is 75.6 cm³/mol. The summed E-state index contributed by atoms with van der Waals surface area (Å²) in [7, 11) is -6.45. The van der Waals surface area contributed by atoms with E-state index < -0.39 is 25.1 Å². The third kappa shape index (κ3) is 4.06. The fourth-order valence-electron chi connectivity index (χ4n) is 2.74. The van der Waals surface area contributed by atoms with Crippen LogP contribution in [0.1, 0.15) is 32.1 Å². The van der Waals surface area contributed by atoms with Crippen LogP contribution in [0.4, 0.5) is 0 Å². The molecule has 2 aliphatic rings. The fraction of sp³-hybridized carbons (Fsp3) is 1.00. The average molecular weight is 330 g/mol. The van der Waals surface area contributed by atoms with Gasteiger partial charge in [0.1, 0.15) is 9.84 Å². The van der Waals surface area contributed by atoms with Gasteiger partial charge in [0.2, 0.25) is 10.0 Å². The Labute approximate surface area is 120 Å². The van der Waals surface area contributed by atoms with Crippen molar-refractivity contribution in [2.75, 3.05) is 18.1 Å². The molecule has 0 aromatic rings. The molecule has 0 aromatic carbocycles. The van der Waals surface area contributed by atoms with Crippen LogP contribution < -0.4 is 4.72 Å². The highest BCUT2D eigenvalue weighted by Crippen LogP contribution is 2.30. The van der Waals surface area contributed by atoms with Crippen LogP contribution in [0, 0.1) is 5.92 Å². The van der Waals surface area contributed by atoms with Gasteiger partial charge >= 0.3 is 0 Å². The lowest BCUT2D eigenvalue weighted by Crippen LogP contribution is -2.41. The van der Waals surface area contributed by atoms with Crippen molar-refractivity contribution in [2.45, 2.75) is 42.7 Å². The SMILES string of the molecule is O=S1(=O)CCC(S(=O)(=O)NCC2CCCC2Cl)CC1. The molecule has 1 saturated heterocycles. The van der Waals surface area contributed by atoms with Gasteiger partial charge in [-0.15, -0.1) is 11.6 Å². The molecule has 0 bridgehead atoms. The number of hydrogen-bond acceptors (Lipinski definition) is 4. The number of nitrogens with one attached hydrogen (secondary N) is 1. The maximum absolute atomic E-state index is 12.1. The van der Waals surface area contributed by atoms with E-state index in [0.29, 0.717) is 6.54 Å². The van der Waals surface area contributed by atoms with Crippen molar-refractivity contribution in [3.63, 3.8) is 0 Å². The lowest BCUT2D eigenvalue weighted by Gasteiger charge is -2.23. The van der Waals surface area contributed by atoms with Crippen LogP contribution in [0.15, 0.2) is 0 Å². The van der Waals surface area contributed by atoms with Crippen molar-refractivity contribution in [1.29, 1.82) is 0 Å². The number of halogens is 1. The summed E-state index contributed by atoms with van der Waals surface area (Å²) in [6.45, 7) is 0.375. The van der Waals surface area contributed by atoms with Crippen LogP contribution in [-0.2, 0) is 19.9 Å². The molecular weight excluding hydrogens is 310 g/mol. The molecule has 112 valence electrons. The Morgan fingerprint density at radius 2 is 1.74 bits per heavy atom. The topological polar surface area (TPSA) is 80.3 Å². The van der Waals surface area contributed by atoms with Crippen LogP contribution in [0.5, 0.6) is 0 Å². The first-order valence-corrected chi connectivity index (χ1v) is 10.4. The minimum absolute atomic E-state index is 0.0276. The highest BCUT2D eigenvalue weighted by molar-refractivity contribution is 7.92. The van der Waals surface area contributed by atoms with E-state index >= 15 is 0 Å². The zero-order valence-corrected chi connectivity index (χ0v) is 13.1. The third-order valence-corrected chi connectivity index (χ3v) is 8.26. The summed E-state index contributed by atoms with van der Waals surface area (Å²) in [5.74, 6) is 0.143. The van der Waals surface area contributed by atoms with Crippen molar-refractivity contribution in [3.05, 3.63) is 0 Å². The maximum atomic E-state index is 12.1. The van der Waals surface area contributed by atoms with Crippen LogP contribution in [0.3, 0.4) is 0 Å². The molecule has 2 unspecified atom stereocenters. The summed E-state index contributed by atoms with van der Waals surface area (Å²) in [6.07, 6.45) is 3.34. The Bertz CT molecular complexity index is 503. The van der Waals surface area contributed by atoms with E-state index in [0.717, 1.165) is 19.3 Å². The second kappa shape index (κ2) is 5.87. The first-order valence-electron chi connectivity index (χ1n) is 6.63. The van der Waals surface area contributed by atoms with Crippen molar-refractivity contribution in [3.8, 4) is 0 Å². The van der Waals surface area contributed by atoms with Crippen LogP contribution in [0.2, 0.25) is 0 Å². The van der Waals surface area contributed by atoms with Gasteiger partial charge in [-0.1, -0.05) is 6.42 Å². The molecular formula is C11H20ClNO4S2. The smallest absolute Gasteiger partial charge is 0.214 e. The summed E-state index contributed by atoms with van der Waals surface area (Å²) >= 11 is 6.12. The Hall–Kier alpha value is 0.150. The van der Waals surface area contributed by atoms with Gasteiger partial charge in [0.05, 0.1) is 16.8 Å². The Balaban J connectivity index is 1.88. The molecule has 1 N–H and O–H groups in total. The quantitative estimate of drug-likeness (QED) is 0.777. The van der Waals surface area contributed by atoms with Gasteiger partial charge in [0, 0.05) is 11.9 Å². The standard InChI is InChI=1S/C11H20ClNO4S2/c12-11-3-1-2-9(11)8-13-19(16,17)10-4-6-18(14,15)7-5-10/h9-11,13H,1-8H2. The van der Waals surface area contributed by atoms with E-state index in [-0.39, 0.29) is 35.6 Å². The molecule has 0 aromatic heterocycles. The molecule has 1 saturated carbocycles. The molecule has 5 nitrogen and oxygen atoms in total. The van der Waals surface area contributed by atoms with E-state index in [2.05, 4.69) is 4.72 Å². The predicted octanol–water partition coefficient (Wildman–Crippen LogP) is 0.891.